The molecule has 32 heavy (non-hydrogen) atoms. The van der Waals surface area contributed by atoms with Gasteiger partial charge in [0.2, 0.25) is 17.7 Å². The maximum absolute atomic E-state index is 12.8. The van der Waals surface area contributed by atoms with Crippen LogP contribution in [0.3, 0.4) is 0 Å². The topological polar surface area (TPSA) is 95.6 Å². The minimum Gasteiger partial charge on any atom is -0.326 e. The molecule has 3 rings (SSSR count). The molecule has 0 spiro atoms. The molecule has 1 atom stereocenters. The molecule has 2 aromatic carbocycles. The molecule has 0 radical (unpaired) electrons. The normalized spacial score (nSPS) is 16.2. The number of imide groups is 1. The smallest absolute Gasteiger partial charge is 0.326 e. The van der Waals surface area contributed by atoms with Crippen molar-refractivity contribution in [3.8, 4) is 0 Å². The summed E-state index contributed by atoms with van der Waals surface area (Å²) in [6, 6.07) is 10.2. The molecule has 1 aliphatic heterocycles. The first-order chi connectivity index (χ1) is 15.0. The van der Waals surface area contributed by atoms with Crippen molar-refractivity contribution in [2.75, 3.05) is 17.2 Å². The number of rotatable bonds is 6. The number of benzene rings is 2. The van der Waals surface area contributed by atoms with Crippen LogP contribution < -0.4 is 10.6 Å². The zero-order valence-corrected chi connectivity index (χ0v) is 17.7. The van der Waals surface area contributed by atoms with Crippen molar-refractivity contribution in [3.05, 3.63) is 59.1 Å². The molecule has 1 saturated heterocycles. The maximum atomic E-state index is 12.8. The van der Waals surface area contributed by atoms with Crippen LogP contribution in [-0.4, -0.2) is 39.7 Å². The number of carbonyl (C=O) groups excluding carboxylic acids is 4. The van der Waals surface area contributed by atoms with E-state index in [0.717, 1.165) is 18.2 Å². The van der Waals surface area contributed by atoms with Gasteiger partial charge in [-0.2, -0.15) is 13.2 Å². The first kappa shape index (κ1) is 23.6. The summed E-state index contributed by atoms with van der Waals surface area (Å²) in [5.74, 6) is -2.09. The lowest BCUT2D eigenvalue weighted by Crippen LogP contribution is -2.38. The third kappa shape index (κ3) is 6.01. The number of nitrogens with zero attached hydrogens (tertiary/aromatic N) is 1. The highest BCUT2D eigenvalue weighted by molar-refractivity contribution is 8.15. The molecule has 7 nitrogen and oxygen atoms in total. The minimum atomic E-state index is -4.59. The number of anilines is 2. The van der Waals surface area contributed by atoms with Crippen molar-refractivity contribution < 1.29 is 32.3 Å². The van der Waals surface area contributed by atoms with Gasteiger partial charge in [-0.3, -0.25) is 24.1 Å². The summed E-state index contributed by atoms with van der Waals surface area (Å²) in [5, 5.41) is 3.54. The predicted octanol–water partition coefficient (Wildman–Crippen LogP) is 4.39. The average molecular weight is 486 g/mol. The summed E-state index contributed by atoms with van der Waals surface area (Å²) in [5.41, 5.74) is -0.625. The van der Waals surface area contributed by atoms with Crippen LogP contribution in [-0.2, 0) is 20.6 Å². The molecule has 168 valence electrons. The van der Waals surface area contributed by atoms with Gasteiger partial charge in [0.1, 0.15) is 11.8 Å². The average Bonchev–Trinajstić information content (AvgIpc) is 2.96. The van der Waals surface area contributed by atoms with Gasteiger partial charge in [-0.25, -0.2) is 0 Å². The highest BCUT2D eigenvalue weighted by Crippen LogP contribution is 2.31. The van der Waals surface area contributed by atoms with E-state index < -0.39 is 46.5 Å². The van der Waals surface area contributed by atoms with E-state index in [1.165, 1.54) is 6.07 Å². The highest BCUT2D eigenvalue weighted by atomic mass is 35.5. The molecule has 0 bridgehead atoms. The first-order valence-electron chi connectivity index (χ1n) is 9.07. The Morgan fingerprint density at radius 3 is 2.31 bits per heavy atom. The van der Waals surface area contributed by atoms with Crippen molar-refractivity contribution in [1.29, 1.82) is 0 Å². The Balaban J connectivity index is 1.57. The maximum Gasteiger partial charge on any atom is 0.416 e. The molecule has 0 aliphatic carbocycles. The number of hydrogen-bond acceptors (Lipinski definition) is 5. The van der Waals surface area contributed by atoms with Crippen molar-refractivity contribution in [2.45, 2.75) is 17.8 Å². The van der Waals surface area contributed by atoms with E-state index in [4.69, 9.17) is 11.6 Å². The summed E-state index contributed by atoms with van der Waals surface area (Å²) in [6.07, 6.45) is -4.89. The molecule has 1 fully saturated rings. The van der Waals surface area contributed by atoms with Crippen molar-refractivity contribution in [3.63, 3.8) is 0 Å². The van der Waals surface area contributed by atoms with Crippen molar-refractivity contribution in [1.82, 2.24) is 4.90 Å². The highest BCUT2D eigenvalue weighted by Gasteiger charge is 2.41. The third-order valence-corrected chi connectivity index (χ3v) is 5.61. The van der Waals surface area contributed by atoms with Crippen LogP contribution in [0.25, 0.3) is 0 Å². The van der Waals surface area contributed by atoms with Gasteiger partial charge in [0.25, 0.3) is 5.24 Å². The molecule has 0 saturated carbocycles. The molecular weight excluding hydrogens is 471 g/mol. The fourth-order valence-electron chi connectivity index (χ4n) is 2.80. The molecule has 2 N–H and O–H groups in total. The summed E-state index contributed by atoms with van der Waals surface area (Å²) in [4.78, 5) is 49.6. The lowest BCUT2D eigenvalue weighted by molar-refractivity contribution is -0.137. The van der Waals surface area contributed by atoms with Crippen LogP contribution in [0.1, 0.15) is 12.0 Å². The fraction of sp³-hybridized carbons (Fsp3) is 0.200. The number of thioether (sulfide) groups is 1. The zero-order chi connectivity index (χ0) is 23.5. The second-order valence-corrected chi connectivity index (χ2v) is 8.27. The SMILES string of the molecule is O=C(CC1SC(=O)N(CC(=O)Nc2cccc(C(F)(F)F)c2)C1=O)Nc1ccc(Cl)cc1. The Hall–Kier alpha value is -3.05. The number of amides is 4. The molecule has 1 unspecified atom stereocenters. The number of alkyl halides is 3. The molecular formula is C20H15ClF3N3O4S. The summed E-state index contributed by atoms with van der Waals surface area (Å²) >= 11 is 6.37. The second-order valence-electron chi connectivity index (χ2n) is 6.68. The van der Waals surface area contributed by atoms with E-state index in [1.54, 1.807) is 24.3 Å². The van der Waals surface area contributed by atoms with Gasteiger partial charge >= 0.3 is 6.18 Å². The van der Waals surface area contributed by atoms with Crippen LogP contribution >= 0.6 is 23.4 Å². The number of halogens is 4. The van der Waals surface area contributed by atoms with E-state index in [1.807, 2.05) is 0 Å². The standard InChI is InChI=1S/C20H15ClF3N3O4S/c21-12-4-6-13(7-5-12)25-16(28)9-15-18(30)27(19(31)32-15)10-17(29)26-14-3-1-2-11(8-14)20(22,23)24/h1-8,15H,9-10H2,(H,25,28)(H,26,29). The molecule has 1 aliphatic rings. The molecule has 0 aromatic heterocycles. The quantitative estimate of drug-likeness (QED) is 0.632. The van der Waals surface area contributed by atoms with Gasteiger partial charge < -0.3 is 10.6 Å². The van der Waals surface area contributed by atoms with Crippen molar-refractivity contribution >= 4 is 57.7 Å². The molecule has 1 heterocycles. The van der Waals surface area contributed by atoms with E-state index in [2.05, 4.69) is 10.6 Å². The van der Waals surface area contributed by atoms with Crippen LogP contribution in [0.2, 0.25) is 5.02 Å². The zero-order valence-electron chi connectivity index (χ0n) is 16.1. The van der Waals surface area contributed by atoms with Gasteiger partial charge in [-0.1, -0.05) is 29.4 Å². The Bertz CT molecular complexity index is 1060. The Morgan fingerprint density at radius 1 is 1.00 bits per heavy atom. The molecule has 2 aromatic rings. The Morgan fingerprint density at radius 2 is 1.66 bits per heavy atom. The van der Waals surface area contributed by atoms with E-state index in [0.29, 0.717) is 27.4 Å². The fourth-order valence-corrected chi connectivity index (χ4v) is 3.92. The van der Waals surface area contributed by atoms with Gasteiger partial charge in [0.15, 0.2) is 0 Å². The first-order valence-corrected chi connectivity index (χ1v) is 10.3. The largest absolute Gasteiger partial charge is 0.416 e. The third-order valence-electron chi connectivity index (χ3n) is 4.28. The van der Waals surface area contributed by atoms with Gasteiger partial charge in [-0.15, -0.1) is 0 Å². The molecule has 4 amide bonds. The van der Waals surface area contributed by atoms with Crippen LogP contribution in [0.5, 0.6) is 0 Å². The van der Waals surface area contributed by atoms with E-state index in [9.17, 15) is 32.3 Å². The lowest BCUT2D eigenvalue weighted by atomic mass is 10.2. The lowest BCUT2D eigenvalue weighted by Gasteiger charge is -2.14. The van der Waals surface area contributed by atoms with E-state index >= 15 is 0 Å². The summed E-state index contributed by atoms with van der Waals surface area (Å²) < 4.78 is 38.4. The van der Waals surface area contributed by atoms with Gasteiger partial charge in [0, 0.05) is 22.8 Å². The second kappa shape index (κ2) is 9.61. The van der Waals surface area contributed by atoms with E-state index in [-0.39, 0.29) is 12.1 Å². The summed E-state index contributed by atoms with van der Waals surface area (Å²) in [6.45, 7) is -0.684. The minimum absolute atomic E-state index is 0.129. The van der Waals surface area contributed by atoms with Gasteiger partial charge in [-0.05, 0) is 42.5 Å². The predicted molar refractivity (Wildman–Crippen MR) is 113 cm³/mol. The number of carbonyl (C=O) groups is 4. The number of hydrogen-bond donors (Lipinski definition) is 2. The summed E-state index contributed by atoms with van der Waals surface area (Å²) in [7, 11) is 0. The van der Waals surface area contributed by atoms with Crippen LogP contribution in [0.15, 0.2) is 48.5 Å². The monoisotopic (exact) mass is 485 g/mol. The molecule has 12 heteroatoms. The van der Waals surface area contributed by atoms with Gasteiger partial charge in [0.05, 0.1) is 5.56 Å². The van der Waals surface area contributed by atoms with Crippen LogP contribution in [0.4, 0.5) is 29.3 Å². The number of nitrogens with one attached hydrogen (secondary N) is 2. The Kier molecular flexibility index (Phi) is 7.09. The van der Waals surface area contributed by atoms with Crippen molar-refractivity contribution in [2.24, 2.45) is 0 Å². The van der Waals surface area contributed by atoms with Crippen LogP contribution in [0, 0.1) is 0 Å². The Labute approximate surface area is 189 Å².